The molecule has 0 saturated heterocycles. The molecule has 0 bridgehead atoms. The summed E-state index contributed by atoms with van der Waals surface area (Å²) in [5.74, 6) is 0.917. The average molecular weight is 189 g/mol. The number of rotatable bonds is 4. The molecular formula is C13H19N. The van der Waals surface area contributed by atoms with Crippen LogP contribution in [-0.2, 0) is 6.42 Å². The summed E-state index contributed by atoms with van der Waals surface area (Å²) in [7, 11) is 0. The van der Waals surface area contributed by atoms with Crippen LogP contribution in [0.1, 0.15) is 32.3 Å². The minimum atomic E-state index is 0.641. The lowest BCUT2D eigenvalue weighted by Gasteiger charge is -2.14. The first kappa shape index (κ1) is 9.57. The Balaban J connectivity index is 2.00. The van der Waals surface area contributed by atoms with E-state index < -0.39 is 0 Å². The van der Waals surface area contributed by atoms with E-state index in [1.807, 2.05) is 0 Å². The fraction of sp³-hybridized carbons (Fsp3) is 0.538. The van der Waals surface area contributed by atoms with Gasteiger partial charge in [-0.25, -0.2) is 0 Å². The zero-order chi connectivity index (χ0) is 9.97. The molecule has 14 heavy (non-hydrogen) atoms. The Bertz CT molecular complexity index is 302. The molecule has 1 nitrogen and oxygen atoms in total. The van der Waals surface area contributed by atoms with Crippen LogP contribution in [0.25, 0.3) is 0 Å². The van der Waals surface area contributed by atoms with Gasteiger partial charge in [0.1, 0.15) is 0 Å². The molecule has 0 radical (unpaired) electrons. The zero-order valence-corrected chi connectivity index (χ0v) is 9.09. The van der Waals surface area contributed by atoms with E-state index >= 15 is 0 Å². The van der Waals surface area contributed by atoms with Crippen molar-refractivity contribution in [3.8, 4) is 0 Å². The number of aryl methyl sites for hydroxylation is 1. The minimum absolute atomic E-state index is 0.641. The van der Waals surface area contributed by atoms with Crippen molar-refractivity contribution in [2.75, 3.05) is 5.32 Å². The molecule has 1 heteroatoms. The normalized spacial score (nSPS) is 17.9. The van der Waals surface area contributed by atoms with Crippen molar-refractivity contribution >= 4 is 5.69 Å². The Labute approximate surface area is 86.5 Å². The molecule has 1 aliphatic rings. The highest BCUT2D eigenvalue weighted by molar-refractivity contribution is 5.46. The van der Waals surface area contributed by atoms with Gasteiger partial charge in [-0.2, -0.15) is 0 Å². The summed E-state index contributed by atoms with van der Waals surface area (Å²) >= 11 is 0. The number of hydrogen-bond acceptors (Lipinski definition) is 1. The van der Waals surface area contributed by atoms with Crippen molar-refractivity contribution in [3.05, 3.63) is 29.8 Å². The van der Waals surface area contributed by atoms with Crippen LogP contribution in [0.3, 0.4) is 0 Å². The van der Waals surface area contributed by atoms with Crippen LogP contribution in [0.2, 0.25) is 0 Å². The standard InChI is InChI=1S/C13H19N/c1-3-11-5-4-6-13(9-11)14-10(2)12-7-8-12/h4-6,9-10,12,14H,3,7-8H2,1-2H3. The smallest absolute Gasteiger partial charge is 0.0345 e. The van der Waals surface area contributed by atoms with E-state index in [0.29, 0.717) is 6.04 Å². The Morgan fingerprint density at radius 3 is 2.86 bits per heavy atom. The Kier molecular flexibility index (Phi) is 2.76. The molecule has 0 amide bonds. The van der Waals surface area contributed by atoms with Crippen molar-refractivity contribution in [2.45, 2.75) is 39.2 Å². The van der Waals surface area contributed by atoms with E-state index in [9.17, 15) is 0 Å². The summed E-state index contributed by atoms with van der Waals surface area (Å²) in [6, 6.07) is 9.40. The first-order chi connectivity index (χ1) is 6.79. The monoisotopic (exact) mass is 189 g/mol. The lowest BCUT2D eigenvalue weighted by molar-refractivity contribution is 0.694. The molecule has 0 aromatic heterocycles. The minimum Gasteiger partial charge on any atom is -0.382 e. The van der Waals surface area contributed by atoms with Crippen molar-refractivity contribution in [1.82, 2.24) is 0 Å². The molecule has 1 aliphatic carbocycles. The first-order valence-corrected chi connectivity index (χ1v) is 5.65. The van der Waals surface area contributed by atoms with Gasteiger partial charge in [-0.05, 0) is 49.8 Å². The predicted octanol–water partition coefficient (Wildman–Crippen LogP) is 3.46. The summed E-state index contributed by atoms with van der Waals surface area (Å²) < 4.78 is 0. The van der Waals surface area contributed by atoms with Gasteiger partial charge in [0, 0.05) is 11.7 Å². The lowest BCUT2D eigenvalue weighted by Crippen LogP contribution is -2.17. The Hall–Kier alpha value is -0.980. The van der Waals surface area contributed by atoms with Gasteiger partial charge in [-0.1, -0.05) is 19.1 Å². The topological polar surface area (TPSA) is 12.0 Å². The molecule has 1 N–H and O–H groups in total. The average Bonchev–Trinajstić information content (AvgIpc) is 3.01. The summed E-state index contributed by atoms with van der Waals surface area (Å²) in [6.07, 6.45) is 3.93. The molecule has 0 aliphatic heterocycles. The highest BCUT2D eigenvalue weighted by Gasteiger charge is 2.27. The van der Waals surface area contributed by atoms with Gasteiger partial charge >= 0.3 is 0 Å². The van der Waals surface area contributed by atoms with Crippen molar-refractivity contribution in [1.29, 1.82) is 0 Å². The molecule has 1 atom stereocenters. The first-order valence-electron chi connectivity index (χ1n) is 5.65. The summed E-state index contributed by atoms with van der Waals surface area (Å²) in [5, 5.41) is 3.58. The molecule has 1 saturated carbocycles. The fourth-order valence-corrected chi connectivity index (χ4v) is 1.86. The molecule has 2 rings (SSSR count). The van der Waals surface area contributed by atoms with Crippen LogP contribution < -0.4 is 5.32 Å². The molecule has 76 valence electrons. The summed E-state index contributed by atoms with van der Waals surface area (Å²) in [6.45, 7) is 4.49. The van der Waals surface area contributed by atoms with Gasteiger partial charge in [0.05, 0.1) is 0 Å². The predicted molar refractivity (Wildman–Crippen MR) is 61.6 cm³/mol. The van der Waals surface area contributed by atoms with Crippen molar-refractivity contribution < 1.29 is 0 Å². The van der Waals surface area contributed by atoms with Crippen LogP contribution in [0, 0.1) is 5.92 Å². The van der Waals surface area contributed by atoms with Gasteiger partial charge in [-0.15, -0.1) is 0 Å². The largest absolute Gasteiger partial charge is 0.382 e. The van der Waals surface area contributed by atoms with E-state index in [1.165, 1.54) is 24.1 Å². The number of anilines is 1. The molecule has 0 heterocycles. The lowest BCUT2D eigenvalue weighted by atomic mass is 10.1. The van der Waals surface area contributed by atoms with Crippen LogP contribution in [0.5, 0.6) is 0 Å². The maximum Gasteiger partial charge on any atom is 0.0345 e. The van der Waals surface area contributed by atoms with E-state index in [1.54, 1.807) is 0 Å². The van der Waals surface area contributed by atoms with Crippen LogP contribution in [0.4, 0.5) is 5.69 Å². The quantitative estimate of drug-likeness (QED) is 0.765. The Morgan fingerprint density at radius 1 is 1.43 bits per heavy atom. The van der Waals surface area contributed by atoms with Gasteiger partial charge in [0.15, 0.2) is 0 Å². The molecule has 1 fully saturated rings. The van der Waals surface area contributed by atoms with Gasteiger partial charge < -0.3 is 5.32 Å². The van der Waals surface area contributed by atoms with E-state index in [2.05, 4.69) is 43.4 Å². The van der Waals surface area contributed by atoms with Gasteiger partial charge in [0.25, 0.3) is 0 Å². The number of benzene rings is 1. The van der Waals surface area contributed by atoms with Crippen molar-refractivity contribution in [2.24, 2.45) is 5.92 Å². The molecule has 1 unspecified atom stereocenters. The SMILES string of the molecule is CCc1cccc(NC(C)C2CC2)c1. The third kappa shape index (κ3) is 2.28. The van der Waals surface area contributed by atoms with Crippen LogP contribution in [0.15, 0.2) is 24.3 Å². The third-order valence-electron chi connectivity index (χ3n) is 3.06. The second-order valence-electron chi connectivity index (χ2n) is 4.32. The maximum atomic E-state index is 3.58. The van der Waals surface area contributed by atoms with E-state index in [4.69, 9.17) is 0 Å². The zero-order valence-electron chi connectivity index (χ0n) is 9.09. The van der Waals surface area contributed by atoms with Crippen molar-refractivity contribution in [3.63, 3.8) is 0 Å². The highest BCUT2D eigenvalue weighted by atomic mass is 14.9. The second-order valence-corrected chi connectivity index (χ2v) is 4.32. The summed E-state index contributed by atoms with van der Waals surface area (Å²) in [4.78, 5) is 0. The molecular weight excluding hydrogens is 170 g/mol. The third-order valence-corrected chi connectivity index (χ3v) is 3.06. The summed E-state index contributed by atoms with van der Waals surface area (Å²) in [5.41, 5.74) is 2.70. The van der Waals surface area contributed by atoms with E-state index in [0.717, 1.165) is 12.3 Å². The number of hydrogen-bond donors (Lipinski definition) is 1. The van der Waals surface area contributed by atoms with Crippen LogP contribution in [-0.4, -0.2) is 6.04 Å². The van der Waals surface area contributed by atoms with Gasteiger partial charge in [-0.3, -0.25) is 0 Å². The molecule has 1 aromatic rings. The Morgan fingerprint density at radius 2 is 2.21 bits per heavy atom. The van der Waals surface area contributed by atoms with Gasteiger partial charge in [0.2, 0.25) is 0 Å². The van der Waals surface area contributed by atoms with Crippen LogP contribution >= 0.6 is 0 Å². The second kappa shape index (κ2) is 4.04. The molecule has 0 spiro atoms. The van der Waals surface area contributed by atoms with E-state index in [-0.39, 0.29) is 0 Å². The number of nitrogens with one attached hydrogen (secondary N) is 1. The maximum absolute atomic E-state index is 3.58. The fourth-order valence-electron chi connectivity index (χ4n) is 1.86. The molecule has 1 aromatic carbocycles. The highest BCUT2D eigenvalue weighted by Crippen LogP contribution is 2.33.